The molecular formula is C16H25BrF2N2O2Si. The highest BCUT2D eigenvalue weighted by Crippen LogP contribution is 2.38. The number of pyridine rings is 1. The fraction of sp³-hybridized carbons (Fsp3) is 0.688. The maximum absolute atomic E-state index is 12.5. The maximum Gasteiger partial charge on any atom is 0.388 e. The van der Waals surface area contributed by atoms with E-state index >= 15 is 0 Å². The van der Waals surface area contributed by atoms with Gasteiger partial charge in [0.05, 0.1) is 10.6 Å². The Kier molecular flexibility index (Phi) is 5.92. The Morgan fingerprint density at radius 1 is 1.33 bits per heavy atom. The summed E-state index contributed by atoms with van der Waals surface area (Å²) >= 11 is 3.18. The molecule has 1 aliphatic heterocycles. The normalized spacial score (nSPS) is 19.2. The van der Waals surface area contributed by atoms with Crippen molar-refractivity contribution in [2.45, 2.75) is 58.0 Å². The van der Waals surface area contributed by atoms with Crippen molar-refractivity contribution in [1.82, 2.24) is 4.98 Å². The van der Waals surface area contributed by atoms with Gasteiger partial charge < -0.3 is 14.1 Å². The summed E-state index contributed by atoms with van der Waals surface area (Å²) in [6.45, 7) is 9.75. The molecule has 0 saturated carbocycles. The minimum atomic E-state index is -2.89. The van der Waals surface area contributed by atoms with E-state index in [0.717, 1.165) is 19.5 Å². The minimum absolute atomic E-state index is 0.0868. The predicted molar refractivity (Wildman–Crippen MR) is 97.5 cm³/mol. The number of anilines is 1. The van der Waals surface area contributed by atoms with Gasteiger partial charge in [-0.25, -0.2) is 0 Å². The first-order chi connectivity index (χ1) is 11.0. The molecule has 1 fully saturated rings. The van der Waals surface area contributed by atoms with Crippen LogP contribution >= 0.6 is 15.9 Å². The molecule has 0 spiro atoms. The molecule has 0 N–H and O–H groups in total. The topological polar surface area (TPSA) is 34.6 Å². The Morgan fingerprint density at radius 3 is 2.58 bits per heavy atom. The van der Waals surface area contributed by atoms with E-state index in [9.17, 15) is 8.78 Å². The van der Waals surface area contributed by atoms with E-state index in [4.69, 9.17) is 4.43 Å². The maximum atomic E-state index is 12.5. The molecule has 1 aromatic heterocycles. The van der Waals surface area contributed by atoms with Gasteiger partial charge in [0.1, 0.15) is 5.82 Å². The van der Waals surface area contributed by atoms with Crippen LogP contribution in [0.3, 0.4) is 0 Å². The van der Waals surface area contributed by atoms with Crippen LogP contribution in [0.4, 0.5) is 14.6 Å². The van der Waals surface area contributed by atoms with Crippen molar-refractivity contribution >= 4 is 30.1 Å². The second-order valence-corrected chi connectivity index (χ2v) is 13.2. The predicted octanol–water partition coefficient (Wildman–Crippen LogP) is 5.05. The molecule has 0 bridgehead atoms. The molecule has 1 saturated heterocycles. The third-order valence-corrected chi connectivity index (χ3v) is 9.87. The Bertz CT molecular complexity index is 582. The minimum Gasteiger partial charge on any atom is -0.416 e. The van der Waals surface area contributed by atoms with Crippen molar-refractivity contribution in [3.05, 3.63) is 16.6 Å². The lowest BCUT2D eigenvalue weighted by Crippen LogP contribution is -2.44. The first-order valence-corrected chi connectivity index (χ1v) is 11.7. The highest BCUT2D eigenvalue weighted by atomic mass is 79.9. The summed E-state index contributed by atoms with van der Waals surface area (Å²) in [4.78, 5) is 6.26. The lowest BCUT2D eigenvalue weighted by Gasteiger charge is -2.38. The summed E-state index contributed by atoms with van der Waals surface area (Å²) in [6, 6.07) is 3.49. The van der Waals surface area contributed by atoms with E-state index < -0.39 is 14.9 Å². The number of halogens is 3. The third-order valence-electron chi connectivity index (χ3n) is 4.74. The van der Waals surface area contributed by atoms with Crippen LogP contribution in [0, 0.1) is 0 Å². The first kappa shape index (κ1) is 19.6. The van der Waals surface area contributed by atoms with E-state index in [0.29, 0.717) is 10.3 Å². The molecule has 8 heteroatoms. The van der Waals surface area contributed by atoms with Crippen LogP contribution in [0.15, 0.2) is 16.6 Å². The highest BCUT2D eigenvalue weighted by molar-refractivity contribution is 9.10. The Morgan fingerprint density at radius 2 is 2.00 bits per heavy atom. The van der Waals surface area contributed by atoms with Crippen LogP contribution in [0.2, 0.25) is 18.1 Å². The van der Waals surface area contributed by atoms with Gasteiger partial charge in [-0.15, -0.1) is 0 Å². The van der Waals surface area contributed by atoms with E-state index in [1.165, 1.54) is 0 Å². The van der Waals surface area contributed by atoms with Gasteiger partial charge in [0.15, 0.2) is 8.32 Å². The molecule has 4 nitrogen and oxygen atoms in total. The molecule has 0 amide bonds. The van der Waals surface area contributed by atoms with Crippen LogP contribution in [0.25, 0.3) is 0 Å². The average Bonchev–Trinajstić information content (AvgIpc) is 2.87. The largest absolute Gasteiger partial charge is 0.416 e. The van der Waals surface area contributed by atoms with Gasteiger partial charge in [0.2, 0.25) is 5.88 Å². The van der Waals surface area contributed by atoms with Crippen molar-refractivity contribution in [3.8, 4) is 5.88 Å². The molecule has 2 rings (SSSR count). The molecule has 0 radical (unpaired) electrons. The second-order valence-electron chi connectivity index (χ2n) is 7.57. The molecular weight excluding hydrogens is 398 g/mol. The molecule has 1 aromatic rings. The fourth-order valence-corrected chi connectivity index (χ4v) is 4.08. The quantitative estimate of drug-likeness (QED) is 0.621. The van der Waals surface area contributed by atoms with Crippen molar-refractivity contribution in [1.29, 1.82) is 0 Å². The van der Waals surface area contributed by atoms with E-state index in [1.807, 2.05) is 0 Å². The standard InChI is InChI=1S/C16H25BrF2N2O2Si/c1-16(2,3)24(4,5)23-11-8-9-21(10-11)13-7-6-12(17)14(20-13)22-15(18)19/h6-7,11,15H,8-10H2,1-5H3. The summed E-state index contributed by atoms with van der Waals surface area (Å²) < 4.78 is 36.2. The first-order valence-electron chi connectivity index (χ1n) is 8.04. The lowest BCUT2D eigenvalue weighted by molar-refractivity contribution is -0.0533. The molecule has 1 unspecified atom stereocenters. The van der Waals surface area contributed by atoms with Crippen LogP contribution in [0.5, 0.6) is 5.88 Å². The van der Waals surface area contributed by atoms with Crippen LogP contribution in [0.1, 0.15) is 27.2 Å². The Balaban J connectivity index is 2.06. The number of nitrogens with zero attached hydrogens (tertiary/aromatic N) is 2. The van der Waals surface area contributed by atoms with Gasteiger partial charge in [-0.3, -0.25) is 0 Å². The van der Waals surface area contributed by atoms with Gasteiger partial charge in [-0.2, -0.15) is 13.8 Å². The molecule has 2 heterocycles. The van der Waals surface area contributed by atoms with Crippen molar-refractivity contribution in [2.24, 2.45) is 0 Å². The van der Waals surface area contributed by atoms with E-state index in [1.54, 1.807) is 12.1 Å². The molecule has 0 aliphatic carbocycles. The average molecular weight is 423 g/mol. The van der Waals surface area contributed by atoms with Crippen LogP contribution in [-0.4, -0.2) is 39.1 Å². The smallest absolute Gasteiger partial charge is 0.388 e. The van der Waals surface area contributed by atoms with Gasteiger partial charge in [0.25, 0.3) is 0 Å². The summed E-state index contributed by atoms with van der Waals surface area (Å²) in [5, 5.41) is 0.161. The number of aromatic nitrogens is 1. The number of alkyl halides is 2. The highest BCUT2D eigenvalue weighted by Gasteiger charge is 2.40. The Labute approximate surface area is 151 Å². The SMILES string of the molecule is CC(C)(C)[Si](C)(C)OC1CCN(c2ccc(Br)c(OC(F)F)n2)C1. The summed E-state index contributed by atoms with van der Waals surface area (Å²) in [5.74, 6) is 0.548. The summed E-state index contributed by atoms with van der Waals surface area (Å²) in [5.41, 5.74) is 0. The molecule has 1 atom stereocenters. The van der Waals surface area contributed by atoms with Gasteiger partial charge in [0, 0.05) is 13.1 Å². The molecule has 24 heavy (non-hydrogen) atoms. The van der Waals surface area contributed by atoms with Gasteiger partial charge >= 0.3 is 6.61 Å². The number of rotatable bonds is 5. The zero-order valence-corrected chi connectivity index (χ0v) is 17.4. The summed E-state index contributed by atoms with van der Waals surface area (Å²) in [6.07, 6.45) is 1.06. The van der Waals surface area contributed by atoms with Crippen molar-refractivity contribution < 1.29 is 17.9 Å². The number of hydrogen-bond acceptors (Lipinski definition) is 4. The van der Waals surface area contributed by atoms with Crippen LogP contribution in [-0.2, 0) is 4.43 Å². The summed E-state index contributed by atoms with van der Waals surface area (Å²) in [7, 11) is -1.82. The van der Waals surface area contributed by atoms with Gasteiger partial charge in [-0.05, 0) is 52.6 Å². The van der Waals surface area contributed by atoms with Crippen LogP contribution < -0.4 is 9.64 Å². The molecule has 1 aliphatic rings. The van der Waals surface area contributed by atoms with Gasteiger partial charge in [-0.1, -0.05) is 20.8 Å². The number of ether oxygens (including phenoxy) is 1. The zero-order chi connectivity index (χ0) is 18.1. The molecule has 0 aromatic carbocycles. The monoisotopic (exact) mass is 422 g/mol. The van der Waals surface area contributed by atoms with Crippen molar-refractivity contribution in [3.63, 3.8) is 0 Å². The van der Waals surface area contributed by atoms with E-state index in [2.05, 4.69) is 64.4 Å². The lowest BCUT2D eigenvalue weighted by atomic mass is 10.2. The van der Waals surface area contributed by atoms with E-state index in [-0.39, 0.29) is 17.0 Å². The zero-order valence-electron chi connectivity index (χ0n) is 14.8. The van der Waals surface area contributed by atoms with Crippen molar-refractivity contribution in [2.75, 3.05) is 18.0 Å². The second kappa shape index (κ2) is 7.25. The fourth-order valence-electron chi connectivity index (χ4n) is 2.38. The molecule has 136 valence electrons. The Hall–Kier alpha value is -0.733. The third kappa shape index (κ3) is 4.67. The number of hydrogen-bond donors (Lipinski definition) is 0.